The zero-order valence-electron chi connectivity index (χ0n) is 17.0. The summed E-state index contributed by atoms with van der Waals surface area (Å²) in [7, 11) is 0. The molecular formula is C21H22N4O6. The summed E-state index contributed by atoms with van der Waals surface area (Å²) in [6.07, 6.45) is 0. The van der Waals surface area contributed by atoms with E-state index in [1.165, 1.54) is 12.1 Å². The molecule has 3 amide bonds. The molecule has 1 atom stereocenters. The third-order valence-corrected chi connectivity index (χ3v) is 4.73. The Morgan fingerprint density at radius 2 is 1.97 bits per heavy atom. The molecule has 0 unspecified atom stereocenters. The van der Waals surface area contributed by atoms with Crippen molar-refractivity contribution in [3.63, 3.8) is 0 Å². The van der Waals surface area contributed by atoms with Gasteiger partial charge in [-0.2, -0.15) is 0 Å². The standard InChI is InChI=1S/C21H22N4O6/c1-3-31-19-15(26)10-9-14(18(19)25(29)30)17-16(12(2)23-21(28)24-17)20(27)22-11-13-7-5-4-6-8-13/h4-10,17,26H,3,11H2,1-2H3,(H,22,27)(H2,23,24,28)/t17-/m0/s1. The second-order valence-electron chi connectivity index (χ2n) is 6.78. The molecule has 10 heteroatoms. The molecule has 0 saturated carbocycles. The zero-order valence-corrected chi connectivity index (χ0v) is 17.0. The van der Waals surface area contributed by atoms with E-state index >= 15 is 0 Å². The van der Waals surface area contributed by atoms with E-state index in [1.54, 1.807) is 13.8 Å². The minimum absolute atomic E-state index is 0.0188. The molecule has 1 aliphatic rings. The monoisotopic (exact) mass is 426 g/mol. The lowest BCUT2D eigenvalue weighted by atomic mass is 9.93. The van der Waals surface area contributed by atoms with Crippen molar-refractivity contribution < 1.29 is 24.4 Å². The number of nitrogens with zero attached hydrogens (tertiary/aromatic N) is 1. The van der Waals surface area contributed by atoms with Gasteiger partial charge in [0.25, 0.3) is 5.91 Å². The van der Waals surface area contributed by atoms with Gasteiger partial charge in [0.15, 0.2) is 5.75 Å². The van der Waals surface area contributed by atoms with Crippen molar-refractivity contribution in [2.75, 3.05) is 6.61 Å². The van der Waals surface area contributed by atoms with Crippen LogP contribution in [-0.4, -0.2) is 28.6 Å². The van der Waals surface area contributed by atoms with E-state index in [4.69, 9.17) is 4.74 Å². The predicted octanol–water partition coefficient (Wildman–Crippen LogP) is 2.64. The highest BCUT2D eigenvalue weighted by atomic mass is 16.6. The molecule has 4 N–H and O–H groups in total. The molecule has 2 aromatic carbocycles. The smallest absolute Gasteiger partial charge is 0.320 e. The van der Waals surface area contributed by atoms with E-state index in [0.717, 1.165) is 5.56 Å². The molecule has 0 aliphatic carbocycles. The molecule has 1 heterocycles. The quantitative estimate of drug-likeness (QED) is 0.396. The van der Waals surface area contributed by atoms with Gasteiger partial charge in [0, 0.05) is 12.2 Å². The third-order valence-electron chi connectivity index (χ3n) is 4.73. The largest absolute Gasteiger partial charge is 0.504 e. The van der Waals surface area contributed by atoms with E-state index < -0.39 is 34.3 Å². The first-order valence-electron chi connectivity index (χ1n) is 9.57. The van der Waals surface area contributed by atoms with Crippen LogP contribution in [0.25, 0.3) is 0 Å². The Balaban J connectivity index is 2.03. The molecular weight excluding hydrogens is 404 g/mol. The molecule has 0 aromatic heterocycles. The van der Waals surface area contributed by atoms with Crippen molar-refractivity contribution in [1.82, 2.24) is 16.0 Å². The maximum Gasteiger partial charge on any atom is 0.320 e. The second kappa shape index (κ2) is 9.16. The maximum atomic E-state index is 13.0. The predicted molar refractivity (Wildman–Crippen MR) is 111 cm³/mol. The number of amides is 3. The van der Waals surface area contributed by atoms with Gasteiger partial charge in [-0.1, -0.05) is 30.3 Å². The lowest BCUT2D eigenvalue weighted by molar-refractivity contribution is -0.386. The Hall–Kier alpha value is -4.08. The number of aromatic hydroxyl groups is 1. The number of hydrogen-bond donors (Lipinski definition) is 4. The first kappa shape index (κ1) is 21.6. The number of nitro groups is 1. The number of nitrogens with one attached hydrogen (secondary N) is 3. The molecule has 0 radical (unpaired) electrons. The summed E-state index contributed by atoms with van der Waals surface area (Å²) in [6.45, 7) is 3.47. The van der Waals surface area contributed by atoms with Crippen LogP contribution >= 0.6 is 0 Å². The maximum absolute atomic E-state index is 13.0. The number of urea groups is 1. The van der Waals surface area contributed by atoms with Crippen molar-refractivity contribution in [2.45, 2.75) is 26.4 Å². The number of phenolic OH excluding ortho intramolecular Hbond substituents is 1. The fourth-order valence-electron chi connectivity index (χ4n) is 3.39. The molecule has 2 aromatic rings. The zero-order chi connectivity index (χ0) is 22.5. The van der Waals surface area contributed by atoms with Gasteiger partial charge in [-0.05, 0) is 31.5 Å². The van der Waals surface area contributed by atoms with E-state index in [2.05, 4.69) is 16.0 Å². The number of phenols is 1. The van der Waals surface area contributed by atoms with E-state index in [-0.39, 0.29) is 35.7 Å². The normalized spacial score (nSPS) is 15.7. The van der Waals surface area contributed by atoms with Crippen molar-refractivity contribution in [3.05, 3.63) is 75.0 Å². The van der Waals surface area contributed by atoms with Crippen LogP contribution in [0, 0.1) is 10.1 Å². The highest BCUT2D eigenvalue weighted by Gasteiger charge is 2.37. The molecule has 162 valence electrons. The van der Waals surface area contributed by atoms with Crippen LogP contribution in [0.4, 0.5) is 10.5 Å². The summed E-state index contributed by atoms with van der Waals surface area (Å²) in [5, 5.41) is 29.8. The van der Waals surface area contributed by atoms with Crippen molar-refractivity contribution in [2.24, 2.45) is 0 Å². The molecule has 10 nitrogen and oxygen atoms in total. The highest BCUT2D eigenvalue weighted by Crippen LogP contribution is 2.43. The molecule has 31 heavy (non-hydrogen) atoms. The summed E-state index contributed by atoms with van der Waals surface area (Å²) >= 11 is 0. The van der Waals surface area contributed by atoms with E-state index in [1.807, 2.05) is 30.3 Å². The van der Waals surface area contributed by atoms with Gasteiger partial charge in [-0.25, -0.2) is 4.79 Å². The molecule has 1 aliphatic heterocycles. The summed E-state index contributed by atoms with van der Waals surface area (Å²) in [4.78, 5) is 36.3. The van der Waals surface area contributed by atoms with Crippen LogP contribution in [-0.2, 0) is 11.3 Å². The number of allylic oxidation sites excluding steroid dienone is 1. The Morgan fingerprint density at radius 1 is 1.26 bits per heavy atom. The first-order chi connectivity index (χ1) is 14.8. The first-order valence-corrected chi connectivity index (χ1v) is 9.57. The Morgan fingerprint density at radius 3 is 2.61 bits per heavy atom. The van der Waals surface area contributed by atoms with Crippen LogP contribution in [0.2, 0.25) is 0 Å². The topological polar surface area (TPSA) is 143 Å². The van der Waals surface area contributed by atoms with Crippen LogP contribution in [0.15, 0.2) is 53.7 Å². The molecule has 0 saturated heterocycles. The average Bonchev–Trinajstić information content (AvgIpc) is 2.73. The minimum atomic E-state index is -1.12. The van der Waals surface area contributed by atoms with Crippen LogP contribution in [0.1, 0.15) is 31.0 Å². The molecule has 3 rings (SSSR count). The summed E-state index contributed by atoms with van der Waals surface area (Å²) < 4.78 is 5.28. The van der Waals surface area contributed by atoms with Gasteiger partial charge < -0.3 is 25.8 Å². The number of benzene rings is 2. The van der Waals surface area contributed by atoms with Crippen LogP contribution in [0.3, 0.4) is 0 Å². The SMILES string of the molecule is CCOc1c(O)ccc([C@@H]2NC(=O)NC(C)=C2C(=O)NCc2ccccc2)c1[N+](=O)[O-]. The van der Waals surface area contributed by atoms with Crippen molar-refractivity contribution >= 4 is 17.6 Å². The number of rotatable bonds is 7. The van der Waals surface area contributed by atoms with Crippen LogP contribution in [0.5, 0.6) is 11.5 Å². The van der Waals surface area contributed by atoms with Gasteiger partial charge >= 0.3 is 11.7 Å². The van der Waals surface area contributed by atoms with Crippen LogP contribution < -0.4 is 20.7 Å². The third kappa shape index (κ3) is 4.58. The Labute approximate surface area is 178 Å². The summed E-state index contributed by atoms with van der Waals surface area (Å²) in [5.74, 6) is -1.23. The van der Waals surface area contributed by atoms with Gasteiger partial charge in [-0.15, -0.1) is 0 Å². The Bertz CT molecular complexity index is 1050. The number of carbonyl (C=O) groups excluding carboxylic acids is 2. The molecule has 0 fully saturated rings. The molecule has 0 spiro atoms. The number of carbonyl (C=O) groups is 2. The van der Waals surface area contributed by atoms with Gasteiger partial charge in [0.2, 0.25) is 5.75 Å². The van der Waals surface area contributed by atoms with E-state index in [0.29, 0.717) is 0 Å². The van der Waals surface area contributed by atoms with Gasteiger partial charge in [-0.3, -0.25) is 14.9 Å². The summed E-state index contributed by atoms with van der Waals surface area (Å²) in [6, 6.07) is 10.0. The van der Waals surface area contributed by atoms with Crippen molar-refractivity contribution in [1.29, 1.82) is 0 Å². The number of ether oxygens (including phenoxy) is 1. The Kier molecular flexibility index (Phi) is 6.39. The number of hydrogen-bond acceptors (Lipinski definition) is 6. The number of nitro benzene ring substituents is 1. The highest BCUT2D eigenvalue weighted by molar-refractivity contribution is 5.99. The summed E-state index contributed by atoms with van der Waals surface area (Å²) in [5.41, 5.74) is 0.750. The van der Waals surface area contributed by atoms with Gasteiger partial charge in [0.05, 0.1) is 28.7 Å². The average molecular weight is 426 g/mol. The van der Waals surface area contributed by atoms with Crippen molar-refractivity contribution in [3.8, 4) is 11.5 Å². The van der Waals surface area contributed by atoms with Gasteiger partial charge in [0.1, 0.15) is 0 Å². The second-order valence-corrected chi connectivity index (χ2v) is 6.78. The molecule has 0 bridgehead atoms. The lowest BCUT2D eigenvalue weighted by Crippen LogP contribution is -2.47. The fraction of sp³-hybridized carbons (Fsp3) is 0.238. The minimum Gasteiger partial charge on any atom is -0.504 e. The fourth-order valence-corrected chi connectivity index (χ4v) is 3.39. The lowest BCUT2D eigenvalue weighted by Gasteiger charge is -2.28. The van der Waals surface area contributed by atoms with E-state index in [9.17, 15) is 24.8 Å².